The van der Waals surface area contributed by atoms with Gasteiger partial charge in [0.05, 0.1) is 6.61 Å². The Balaban J connectivity index is 1.94. The topological polar surface area (TPSA) is 56.6 Å². The number of nitrogens with zero attached hydrogens (tertiary/aromatic N) is 1. The summed E-state index contributed by atoms with van der Waals surface area (Å²) in [4.78, 5) is 4.26. The predicted octanol–water partition coefficient (Wildman–Crippen LogP) is 0.757. The number of aliphatic imine (C=N–C) groups is 1. The van der Waals surface area contributed by atoms with E-state index in [-0.39, 0.29) is 12.4 Å². The first kappa shape index (κ1) is 11.9. The van der Waals surface area contributed by atoms with E-state index in [2.05, 4.69) is 15.6 Å². The molecule has 1 aliphatic rings. The molecule has 3 N–H and O–H groups in total. The van der Waals surface area contributed by atoms with E-state index >= 15 is 0 Å². The molecule has 1 heterocycles. The molecule has 0 aromatic heterocycles. The second-order valence-electron chi connectivity index (χ2n) is 3.95. The van der Waals surface area contributed by atoms with Crippen LogP contribution in [0, 0.1) is 5.82 Å². The molecule has 0 atom stereocenters. The molecule has 1 aromatic carbocycles. The van der Waals surface area contributed by atoms with Crippen molar-refractivity contribution in [1.82, 2.24) is 10.6 Å². The van der Waals surface area contributed by atoms with Gasteiger partial charge in [-0.05, 0) is 18.1 Å². The summed E-state index contributed by atoms with van der Waals surface area (Å²) >= 11 is 0. The van der Waals surface area contributed by atoms with Gasteiger partial charge in [0.25, 0.3) is 0 Å². The Morgan fingerprint density at radius 2 is 2.35 bits per heavy atom. The highest BCUT2D eigenvalue weighted by molar-refractivity contribution is 5.80. The van der Waals surface area contributed by atoms with Gasteiger partial charge in [0.2, 0.25) is 0 Å². The average Bonchev–Trinajstić information content (AvgIpc) is 2.38. The van der Waals surface area contributed by atoms with Gasteiger partial charge in [-0.3, -0.25) is 4.99 Å². The largest absolute Gasteiger partial charge is 0.392 e. The van der Waals surface area contributed by atoms with Crippen LogP contribution in [-0.2, 0) is 13.2 Å². The lowest BCUT2D eigenvalue weighted by Gasteiger charge is -2.16. The molecule has 0 saturated heterocycles. The zero-order valence-corrected chi connectivity index (χ0v) is 9.54. The molecule has 0 unspecified atom stereocenters. The van der Waals surface area contributed by atoms with Gasteiger partial charge in [-0.25, -0.2) is 4.39 Å². The summed E-state index contributed by atoms with van der Waals surface area (Å²) in [6.45, 7) is 2.00. The minimum absolute atomic E-state index is 0.270. The van der Waals surface area contributed by atoms with Gasteiger partial charge in [-0.2, -0.15) is 0 Å². The number of hydrogen-bond donors (Lipinski definition) is 3. The summed E-state index contributed by atoms with van der Waals surface area (Å²) < 4.78 is 13.4. The predicted molar refractivity (Wildman–Crippen MR) is 64.1 cm³/mol. The first-order valence-corrected chi connectivity index (χ1v) is 5.70. The first-order valence-electron chi connectivity index (χ1n) is 5.70. The normalized spacial score (nSPS) is 15.1. The van der Waals surface area contributed by atoms with Crippen molar-refractivity contribution in [2.45, 2.75) is 19.6 Å². The summed E-state index contributed by atoms with van der Waals surface area (Å²) in [6, 6.07) is 4.83. The van der Waals surface area contributed by atoms with Crippen molar-refractivity contribution in [3.8, 4) is 0 Å². The molecule has 0 amide bonds. The average molecular weight is 237 g/mol. The molecule has 0 spiro atoms. The van der Waals surface area contributed by atoms with Crippen molar-refractivity contribution in [2.24, 2.45) is 4.99 Å². The quantitative estimate of drug-likeness (QED) is 0.727. The van der Waals surface area contributed by atoms with Crippen LogP contribution in [0.2, 0.25) is 0 Å². The summed E-state index contributed by atoms with van der Waals surface area (Å²) in [5.41, 5.74) is 1.15. The Bertz CT molecular complexity index is 420. The van der Waals surface area contributed by atoms with Crippen LogP contribution >= 0.6 is 0 Å². The fraction of sp³-hybridized carbons (Fsp3) is 0.417. The standard InChI is InChI=1S/C12H16FN3O/c13-11-6-9(2-3-10(11)8-17)7-16-12-14-4-1-5-15-12/h2-3,6,17H,1,4-5,7-8H2,(H2,14,15,16). The van der Waals surface area contributed by atoms with Crippen molar-refractivity contribution in [2.75, 3.05) is 13.1 Å². The van der Waals surface area contributed by atoms with Crippen LogP contribution in [-0.4, -0.2) is 24.2 Å². The third-order valence-corrected chi connectivity index (χ3v) is 2.65. The molecule has 0 bridgehead atoms. The molecule has 0 aliphatic carbocycles. The SMILES string of the molecule is OCc1ccc(CNC2=NCCCN2)cc1F. The van der Waals surface area contributed by atoms with Crippen LogP contribution in [0.3, 0.4) is 0 Å². The van der Waals surface area contributed by atoms with Crippen LogP contribution in [0.25, 0.3) is 0 Å². The third-order valence-electron chi connectivity index (χ3n) is 2.65. The lowest BCUT2D eigenvalue weighted by Crippen LogP contribution is -2.40. The zero-order chi connectivity index (χ0) is 12.1. The maximum atomic E-state index is 13.4. The van der Waals surface area contributed by atoms with Gasteiger partial charge in [-0.1, -0.05) is 12.1 Å². The van der Waals surface area contributed by atoms with Gasteiger partial charge in [-0.15, -0.1) is 0 Å². The second kappa shape index (κ2) is 5.63. The Hall–Kier alpha value is -1.62. The van der Waals surface area contributed by atoms with Gasteiger partial charge >= 0.3 is 0 Å². The third kappa shape index (κ3) is 3.17. The van der Waals surface area contributed by atoms with Gasteiger partial charge in [0.1, 0.15) is 5.82 Å². The second-order valence-corrected chi connectivity index (χ2v) is 3.95. The smallest absolute Gasteiger partial charge is 0.191 e. The molecule has 92 valence electrons. The van der Waals surface area contributed by atoms with Crippen LogP contribution < -0.4 is 10.6 Å². The van der Waals surface area contributed by atoms with E-state index in [0.29, 0.717) is 12.1 Å². The molecule has 1 aromatic rings. The molecule has 0 fully saturated rings. The molecule has 0 radical (unpaired) electrons. The highest BCUT2D eigenvalue weighted by atomic mass is 19.1. The van der Waals surface area contributed by atoms with E-state index in [0.717, 1.165) is 31.0 Å². The minimum atomic E-state index is -0.370. The van der Waals surface area contributed by atoms with E-state index in [4.69, 9.17) is 5.11 Å². The Kier molecular flexibility index (Phi) is 3.93. The summed E-state index contributed by atoms with van der Waals surface area (Å²) in [5.74, 6) is 0.397. The maximum absolute atomic E-state index is 13.4. The molecule has 5 heteroatoms. The molecule has 0 saturated carbocycles. The monoisotopic (exact) mass is 237 g/mol. The number of nitrogens with one attached hydrogen (secondary N) is 2. The van der Waals surface area contributed by atoms with Crippen LogP contribution in [0.1, 0.15) is 17.5 Å². The minimum Gasteiger partial charge on any atom is -0.392 e. The van der Waals surface area contributed by atoms with Gasteiger partial charge < -0.3 is 15.7 Å². The van der Waals surface area contributed by atoms with Crippen molar-refractivity contribution >= 4 is 5.96 Å². The Morgan fingerprint density at radius 3 is 3.00 bits per heavy atom. The van der Waals surface area contributed by atoms with E-state index in [1.54, 1.807) is 12.1 Å². The number of aliphatic hydroxyl groups excluding tert-OH is 1. The number of rotatable bonds is 3. The first-order chi connectivity index (χ1) is 8.29. The maximum Gasteiger partial charge on any atom is 0.191 e. The molecule has 4 nitrogen and oxygen atoms in total. The fourth-order valence-corrected chi connectivity index (χ4v) is 1.67. The molecule has 1 aliphatic heterocycles. The van der Waals surface area contributed by atoms with Crippen LogP contribution in [0.5, 0.6) is 0 Å². The fourth-order valence-electron chi connectivity index (χ4n) is 1.67. The van der Waals surface area contributed by atoms with E-state index in [1.165, 1.54) is 6.07 Å². The summed E-state index contributed by atoms with van der Waals surface area (Å²) in [5, 5.41) is 15.1. The van der Waals surface area contributed by atoms with E-state index in [1.807, 2.05) is 0 Å². The highest BCUT2D eigenvalue weighted by Crippen LogP contribution is 2.10. The van der Waals surface area contributed by atoms with Crippen molar-refractivity contribution in [3.05, 3.63) is 35.1 Å². The lowest BCUT2D eigenvalue weighted by atomic mass is 10.1. The number of benzene rings is 1. The van der Waals surface area contributed by atoms with Crippen molar-refractivity contribution < 1.29 is 9.50 Å². The van der Waals surface area contributed by atoms with Crippen molar-refractivity contribution in [3.63, 3.8) is 0 Å². The summed E-state index contributed by atoms with van der Waals surface area (Å²) in [7, 11) is 0. The van der Waals surface area contributed by atoms with E-state index in [9.17, 15) is 4.39 Å². The molecule has 2 rings (SSSR count). The number of aliphatic hydroxyl groups is 1. The van der Waals surface area contributed by atoms with E-state index < -0.39 is 0 Å². The lowest BCUT2D eigenvalue weighted by molar-refractivity contribution is 0.275. The van der Waals surface area contributed by atoms with Crippen molar-refractivity contribution in [1.29, 1.82) is 0 Å². The van der Waals surface area contributed by atoms with Gasteiger partial charge in [0, 0.05) is 25.2 Å². The summed E-state index contributed by atoms with van der Waals surface area (Å²) in [6.07, 6.45) is 1.05. The molecule has 17 heavy (non-hydrogen) atoms. The van der Waals surface area contributed by atoms with Crippen LogP contribution in [0.4, 0.5) is 4.39 Å². The zero-order valence-electron chi connectivity index (χ0n) is 9.54. The van der Waals surface area contributed by atoms with Gasteiger partial charge in [0.15, 0.2) is 5.96 Å². The van der Waals surface area contributed by atoms with Crippen LogP contribution in [0.15, 0.2) is 23.2 Å². The highest BCUT2D eigenvalue weighted by Gasteiger charge is 2.05. The number of hydrogen-bond acceptors (Lipinski definition) is 4. The number of guanidine groups is 1. The Morgan fingerprint density at radius 1 is 1.47 bits per heavy atom. The molecular formula is C12H16FN3O. The Labute approximate surface area is 99.6 Å². The number of halogens is 1. The molecular weight excluding hydrogens is 221 g/mol.